The molecule has 2 fully saturated rings. The zero-order valence-electron chi connectivity index (χ0n) is 11.2. The summed E-state index contributed by atoms with van der Waals surface area (Å²) in [5, 5.41) is 13.8. The molecule has 1 atom stereocenters. The van der Waals surface area contributed by atoms with E-state index >= 15 is 0 Å². The fourth-order valence-corrected chi connectivity index (χ4v) is 2.95. The van der Waals surface area contributed by atoms with Gasteiger partial charge in [-0.1, -0.05) is 0 Å². The first-order chi connectivity index (χ1) is 9.79. The molecule has 106 valence electrons. The maximum absolute atomic E-state index is 11.5. The number of aromatic nitrogens is 4. The van der Waals surface area contributed by atoms with E-state index in [0.29, 0.717) is 11.6 Å². The number of likely N-dealkylation sites (tertiary alicyclic amines) is 1. The van der Waals surface area contributed by atoms with Gasteiger partial charge < -0.3 is 10.2 Å². The summed E-state index contributed by atoms with van der Waals surface area (Å²) in [6, 6.07) is 4.51. The Labute approximate surface area is 116 Å². The van der Waals surface area contributed by atoms with Gasteiger partial charge in [0.15, 0.2) is 5.65 Å². The van der Waals surface area contributed by atoms with E-state index in [1.807, 2.05) is 6.07 Å². The first kappa shape index (κ1) is 11.9. The van der Waals surface area contributed by atoms with E-state index in [0.717, 1.165) is 18.4 Å². The lowest BCUT2D eigenvalue weighted by molar-refractivity contribution is 0.316. The lowest BCUT2D eigenvalue weighted by Gasteiger charge is -2.15. The number of aromatic amines is 1. The molecule has 2 N–H and O–H groups in total. The number of fused-ring (bicyclic) bond motifs is 1. The van der Waals surface area contributed by atoms with Gasteiger partial charge in [-0.25, -0.2) is 9.89 Å². The molecule has 2 aliphatic rings. The van der Waals surface area contributed by atoms with Crippen molar-refractivity contribution in [1.82, 2.24) is 24.7 Å². The minimum atomic E-state index is -0.301. The lowest BCUT2D eigenvalue weighted by atomic mass is 10.1. The van der Waals surface area contributed by atoms with Crippen molar-refractivity contribution in [2.24, 2.45) is 5.92 Å². The molecule has 0 amide bonds. The number of H-pyrrole nitrogens is 1. The Morgan fingerprint density at radius 2 is 2.25 bits per heavy atom. The van der Waals surface area contributed by atoms with Gasteiger partial charge in [0, 0.05) is 19.1 Å². The monoisotopic (exact) mass is 274 g/mol. The summed E-state index contributed by atoms with van der Waals surface area (Å²) in [6.45, 7) is 3.32. The van der Waals surface area contributed by atoms with Crippen LogP contribution >= 0.6 is 0 Å². The summed E-state index contributed by atoms with van der Waals surface area (Å²) in [7, 11) is 0. The maximum atomic E-state index is 11.5. The topological polar surface area (TPSA) is 78.3 Å². The van der Waals surface area contributed by atoms with Gasteiger partial charge in [-0.2, -0.15) is 9.61 Å². The van der Waals surface area contributed by atoms with Crippen molar-refractivity contribution < 1.29 is 0 Å². The maximum Gasteiger partial charge on any atom is 0.364 e. The van der Waals surface area contributed by atoms with E-state index in [1.165, 1.54) is 36.9 Å². The van der Waals surface area contributed by atoms with Crippen LogP contribution in [0.1, 0.15) is 19.3 Å². The Kier molecular flexibility index (Phi) is 2.73. The lowest BCUT2D eigenvalue weighted by Crippen LogP contribution is -2.25. The molecule has 0 spiro atoms. The summed E-state index contributed by atoms with van der Waals surface area (Å²) >= 11 is 0. The van der Waals surface area contributed by atoms with Gasteiger partial charge in [-0.15, -0.1) is 5.10 Å². The van der Waals surface area contributed by atoms with Crippen LogP contribution in [0.15, 0.2) is 16.9 Å². The molecule has 1 unspecified atom stereocenters. The third-order valence-electron chi connectivity index (χ3n) is 4.23. The SMILES string of the molecule is O=c1[nH]nc2ccc(NCC3CCN(C4CC4)C3)nn12. The zero-order chi connectivity index (χ0) is 13.5. The highest BCUT2D eigenvalue weighted by Crippen LogP contribution is 2.31. The number of hydrogen-bond acceptors (Lipinski definition) is 5. The highest BCUT2D eigenvalue weighted by atomic mass is 16.2. The van der Waals surface area contributed by atoms with Gasteiger partial charge in [-0.05, 0) is 43.9 Å². The fraction of sp³-hybridized carbons (Fsp3) is 0.615. The molecule has 1 aliphatic carbocycles. The summed E-state index contributed by atoms with van der Waals surface area (Å²) in [4.78, 5) is 14.1. The van der Waals surface area contributed by atoms with Crippen LogP contribution in [0, 0.1) is 5.92 Å². The average molecular weight is 274 g/mol. The first-order valence-corrected chi connectivity index (χ1v) is 7.22. The Bertz CT molecular complexity index is 673. The average Bonchev–Trinajstić information content (AvgIpc) is 3.11. The van der Waals surface area contributed by atoms with Crippen molar-refractivity contribution in [2.75, 3.05) is 25.0 Å². The molecule has 20 heavy (non-hydrogen) atoms. The minimum absolute atomic E-state index is 0.301. The Morgan fingerprint density at radius 1 is 1.35 bits per heavy atom. The molecule has 7 heteroatoms. The van der Waals surface area contributed by atoms with E-state index in [1.54, 1.807) is 6.07 Å². The van der Waals surface area contributed by atoms with Crippen molar-refractivity contribution in [1.29, 1.82) is 0 Å². The molecule has 2 aromatic rings. The minimum Gasteiger partial charge on any atom is -0.368 e. The van der Waals surface area contributed by atoms with Gasteiger partial charge in [0.25, 0.3) is 0 Å². The molecular weight excluding hydrogens is 256 g/mol. The molecular formula is C13H18N6O. The molecule has 0 bridgehead atoms. The second-order valence-corrected chi connectivity index (χ2v) is 5.78. The normalized spacial score (nSPS) is 23.5. The number of anilines is 1. The number of hydrogen-bond donors (Lipinski definition) is 2. The van der Waals surface area contributed by atoms with Gasteiger partial charge in [-0.3, -0.25) is 0 Å². The van der Waals surface area contributed by atoms with Crippen LogP contribution in [0.5, 0.6) is 0 Å². The van der Waals surface area contributed by atoms with Crippen LogP contribution in [0.3, 0.4) is 0 Å². The number of rotatable bonds is 4. The largest absolute Gasteiger partial charge is 0.368 e. The highest BCUT2D eigenvalue weighted by molar-refractivity contribution is 5.42. The van der Waals surface area contributed by atoms with Crippen LogP contribution in [0.4, 0.5) is 5.82 Å². The summed E-state index contributed by atoms with van der Waals surface area (Å²) in [5.74, 6) is 1.40. The number of nitrogens with zero attached hydrogens (tertiary/aromatic N) is 4. The highest BCUT2D eigenvalue weighted by Gasteiger charge is 2.34. The van der Waals surface area contributed by atoms with E-state index in [-0.39, 0.29) is 5.69 Å². The van der Waals surface area contributed by atoms with Crippen molar-refractivity contribution in [3.63, 3.8) is 0 Å². The molecule has 1 saturated heterocycles. The Morgan fingerprint density at radius 3 is 3.10 bits per heavy atom. The predicted molar refractivity (Wildman–Crippen MR) is 74.8 cm³/mol. The van der Waals surface area contributed by atoms with Crippen LogP contribution in [0.25, 0.3) is 5.65 Å². The summed E-state index contributed by atoms with van der Waals surface area (Å²) < 4.78 is 1.29. The zero-order valence-corrected chi connectivity index (χ0v) is 11.2. The smallest absolute Gasteiger partial charge is 0.364 e. The van der Waals surface area contributed by atoms with E-state index < -0.39 is 0 Å². The van der Waals surface area contributed by atoms with Crippen molar-refractivity contribution in [3.8, 4) is 0 Å². The van der Waals surface area contributed by atoms with Crippen LogP contribution in [-0.2, 0) is 0 Å². The molecule has 2 aromatic heterocycles. The van der Waals surface area contributed by atoms with Gasteiger partial charge in [0.2, 0.25) is 0 Å². The van der Waals surface area contributed by atoms with Crippen LogP contribution in [-0.4, -0.2) is 50.4 Å². The second kappa shape index (κ2) is 4.59. The van der Waals surface area contributed by atoms with E-state index in [2.05, 4.69) is 25.5 Å². The molecule has 0 aromatic carbocycles. The van der Waals surface area contributed by atoms with Crippen LogP contribution in [0.2, 0.25) is 0 Å². The summed E-state index contributed by atoms with van der Waals surface area (Å²) in [5.41, 5.74) is 0.241. The van der Waals surface area contributed by atoms with Crippen molar-refractivity contribution in [3.05, 3.63) is 22.6 Å². The molecule has 1 saturated carbocycles. The Hall–Kier alpha value is -1.89. The summed E-state index contributed by atoms with van der Waals surface area (Å²) in [6.07, 6.45) is 4.00. The third kappa shape index (κ3) is 2.18. The number of nitrogens with one attached hydrogen (secondary N) is 2. The van der Waals surface area contributed by atoms with Crippen molar-refractivity contribution in [2.45, 2.75) is 25.3 Å². The standard InChI is InChI=1S/C13H18N6O/c20-13-16-15-12-4-3-11(17-19(12)13)14-7-9-5-6-18(8-9)10-1-2-10/h3-4,9-10H,1-2,5-8H2,(H,14,17)(H,16,20). The van der Waals surface area contributed by atoms with Crippen LogP contribution < -0.4 is 11.0 Å². The predicted octanol–water partition coefficient (Wildman–Crippen LogP) is 0.314. The molecule has 0 radical (unpaired) electrons. The third-order valence-corrected chi connectivity index (χ3v) is 4.23. The molecule has 7 nitrogen and oxygen atoms in total. The molecule has 3 heterocycles. The van der Waals surface area contributed by atoms with Crippen molar-refractivity contribution >= 4 is 11.5 Å². The van der Waals surface area contributed by atoms with Gasteiger partial charge in [0.1, 0.15) is 5.82 Å². The second-order valence-electron chi connectivity index (χ2n) is 5.78. The van der Waals surface area contributed by atoms with Gasteiger partial charge >= 0.3 is 5.69 Å². The Balaban J connectivity index is 1.40. The molecule has 1 aliphatic heterocycles. The van der Waals surface area contributed by atoms with E-state index in [9.17, 15) is 4.79 Å². The van der Waals surface area contributed by atoms with E-state index in [4.69, 9.17) is 0 Å². The fourth-order valence-electron chi connectivity index (χ4n) is 2.95. The van der Waals surface area contributed by atoms with Gasteiger partial charge in [0.05, 0.1) is 0 Å². The quantitative estimate of drug-likeness (QED) is 0.839. The molecule has 4 rings (SSSR count). The first-order valence-electron chi connectivity index (χ1n) is 7.22.